The third-order valence-electron chi connectivity index (χ3n) is 0.680. The molecule has 0 bridgehead atoms. The van der Waals surface area contributed by atoms with Gasteiger partial charge in [0.25, 0.3) is 0 Å². The molecule has 0 aromatic rings. The molecule has 7 heavy (non-hydrogen) atoms. The molecule has 1 fully saturated rings. The number of rotatable bonds is 1. The summed E-state index contributed by atoms with van der Waals surface area (Å²) in [5.74, 6) is -1.37. The van der Waals surface area contributed by atoms with E-state index in [2.05, 4.69) is 0 Å². The van der Waals surface area contributed by atoms with Crippen LogP contribution in [0.3, 0.4) is 0 Å². The Kier molecular flexibility index (Phi) is 0.373. The van der Waals surface area contributed by atoms with Crippen LogP contribution in [0.5, 0.6) is 0 Å². The Bertz CT molecular complexity index is 204. The summed E-state index contributed by atoms with van der Waals surface area (Å²) in [6.45, 7) is -2.23. The van der Waals surface area contributed by atoms with Crippen molar-refractivity contribution in [2.75, 3.05) is 6.50 Å². The van der Waals surface area contributed by atoms with E-state index in [1.165, 1.54) is 0 Å². The van der Waals surface area contributed by atoms with Gasteiger partial charge in [-0.2, -0.15) is 0 Å². The average molecular weight is 105 g/mol. The molecule has 0 aromatic carbocycles. The number of hydrogen-bond acceptors (Lipinski definition) is 2. The van der Waals surface area contributed by atoms with Crippen molar-refractivity contribution in [3.63, 3.8) is 0 Å². The molecule has 1 unspecified atom stereocenters. The highest BCUT2D eigenvalue weighted by molar-refractivity contribution is 5.74. The highest BCUT2D eigenvalue weighted by Gasteiger charge is 2.22. The molecule has 1 atom stereocenters. The zero-order valence-corrected chi connectivity index (χ0v) is 3.43. The van der Waals surface area contributed by atoms with Crippen molar-refractivity contribution in [1.29, 1.82) is 0 Å². The molecule has 0 amide bonds. The first-order chi connectivity index (χ1) is 4.79. The fourth-order valence-corrected chi connectivity index (χ4v) is 0.268. The summed E-state index contributed by atoms with van der Waals surface area (Å²) >= 11 is 0. The Hall–Kier alpha value is -0.570. The smallest absolute Gasteiger partial charge is 0.320 e. The highest BCUT2D eigenvalue weighted by atomic mass is 16.4. The van der Waals surface area contributed by atoms with E-state index < -0.39 is 24.9 Å². The van der Waals surface area contributed by atoms with Gasteiger partial charge in [0.2, 0.25) is 0 Å². The minimum absolute atomic E-state index is 1.37. The first kappa shape index (κ1) is 1.74. The second-order valence-corrected chi connectivity index (χ2v) is 1.18. The van der Waals surface area contributed by atoms with Crippen LogP contribution < -0.4 is 5.32 Å². The summed E-state index contributed by atoms with van der Waals surface area (Å²) in [6, 6.07) is -1.43. The van der Waals surface area contributed by atoms with Crippen molar-refractivity contribution in [1.82, 2.24) is 5.32 Å². The van der Waals surface area contributed by atoms with E-state index in [-0.39, 0.29) is 0 Å². The Morgan fingerprint density at radius 2 is 2.86 bits per heavy atom. The predicted octanol–water partition coefficient (Wildman–Crippen LogP) is -0.567. The summed E-state index contributed by atoms with van der Waals surface area (Å²) in [5, 5.41) is 10.3. The van der Waals surface area contributed by atoms with E-state index in [0.717, 1.165) is 0 Å². The van der Waals surface area contributed by atoms with Gasteiger partial charge in [-0.15, -0.1) is 0 Å². The van der Waals surface area contributed by atoms with Crippen LogP contribution in [0.2, 0.25) is 0 Å². The van der Waals surface area contributed by atoms with Gasteiger partial charge < -0.3 is 10.4 Å². The minimum atomic E-state index is -2.32. The molecule has 3 heteroatoms. The Labute approximate surface area is 47.0 Å². The molecule has 1 aliphatic rings. The zero-order valence-electron chi connectivity index (χ0n) is 7.43. The topological polar surface area (TPSA) is 49.3 Å². The molecular weight excluding hydrogens is 94.0 g/mol. The highest BCUT2D eigenvalue weighted by Crippen LogP contribution is 1.99. The summed E-state index contributed by atoms with van der Waals surface area (Å²) in [5.41, 5.74) is 0. The van der Waals surface area contributed by atoms with Gasteiger partial charge in [0, 0.05) is 5.48 Å². The quantitative estimate of drug-likeness (QED) is 0.469. The minimum Gasteiger partial charge on any atom is -0.480 e. The van der Waals surface area contributed by atoms with Gasteiger partial charge >= 0.3 is 5.97 Å². The van der Waals surface area contributed by atoms with Crippen molar-refractivity contribution >= 4 is 5.97 Å². The van der Waals surface area contributed by atoms with E-state index in [1.807, 2.05) is 5.32 Å². The van der Waals surface area contributed by atoms with Crippen LogP contribution in [0.15, 0.2) is 0 Å². The van der Waals surface area contributed by atoms with Crippen LogP contribution >= 0.6 is 0 Å². The van der Waals surface area contributed by atoms with E-state index in [1.54, 1.807) is 0 Å². The summed E-state index contributed by atoms with van der Waals surface area (Å²) in [4.78, 5) is 10.2. The maximum atomic E-state index is 10.2. The zero-order chi connectivity index (χ0) is 8.86. The maximum Gasteiger partial charge on any atom is 0.320 e. The fourth-order valence-electron chi connectivity index (χ4n) is 0.268. The standard InChI is InChI=1S/C4H7NO2/c6-4(7)3-1-2-5-3/h3,5H,1-2H2,(H,6,7)/i1D2,2D2. The molecule has 40 valence electrons. The summed E-state index contributed by atoms with van der Waals surface area (Å²) in [7, 11) is 0. The van der Waals surface area contributed by atoms with Crippen molar-refractivity contribution < 1.29 is 15.4 Å². The van der Waals surface area contributed by atoms with E-state index >= 15 is 0 Å². The first-order valence-corrected chi connectivity index (χ1v) is 1.79. The van der Waals surface area contributed by atoms with Gasteiger partial charge in [0.15, 0.2) is 0 Å². The van der Waals surface area contributed by atoms with Gasteiger partial charge in [0.05, 0.1) is 0 Å². The molecule has 0 aliphatic carbocycles. The SMILES string of the molecule is [2H]C1([2H])NC(C(=O)O)C1([2H])[2H]. The van der Waals surface area contributed by atoms with Gasteiger partial charge in [-0.1, -0.05) is 0 Å². The van der Waals surface area contributed by atoms with Crippen LogP contribution in [-0.2, 0) is 4.79 Å². The number of carboxylic acid groups (broad SMARTS) is 1. The fraction of sp³-hybridized carbons (Fsp3) is 0.750. The normalized spacial score (nSPS) is 51.7. The lowest BCUT2D eigenvalue weighted by atomic mass is 10.1. The number of carboxylic acids is 1. The molecule has 0 radical (unpaired) electrons. The largest absolute Gasteiger partial charge is 0.480 e. The monoisotopic (exact) mass is 105 g/mol. The lowest BCUT2D eigenvalue weighted by Gasteiger charge is -2.22. The van der Waals surface area contributed by atoms with Gasteiger partial charge in [-0.25, -0.2) is 0 Å². The molecule has 1 rings (SSSR count). The molecule has 1 aliphatic heterocycles. The third-order valence-corrected chi connectivity index (χ3v) is 0.680. The Morgan fingerprint density at radius 1 is 2.14 bits per heavy atom. The van der Waals surface area contributed by atoms with Gasteiger partial charge in [-0.05, 0) is 12.9 Å². The van der Waals surface area contributed by atoms with Crippen LogP contribution in [-0.4, -0.2) is 23.6 Å². The molecule has 1 heterocycles. The summed E-state index contributed by atoms with van der Waals surface area (Å²) in [6.07, 6.45) is -2.32. The summed E-state index contributed by atoms with van der Waals surface area (Å²) < 4.78 is 27.8. The molecule has 0 aromatic heterocycles. The average Bonchev–Trinajstić information content (AvgIpc) is 1.82. The molecular formula is C4H7NO2. The lowest BCUT2D eigenvalue weighted by Crippen LogP contribution is -2.48. The molecule has 0 saturated carbocycles. The number of aliphatic carboxylic acids is 1. The number of hydrogen-bond donors (Lipinski definition) is 2. The van der Waals surface area contributed by atoms with Gasteiger partial charge in [-0.3, -0.25) is 4.79 Å². The van der Waals surface area contributed by atoms with Crippen molar-refractivity contribution in [3.8, 4) is 0 Å². The molecule has 2 N–H and O–H groups in total. The van der Waals surface area contributed by atoms with E-state index in [4.69, 9.17) is 10.6 Å². The third kappa shape index (κ3) is 0.718. The predicted molar refractivity (Wildman–Crippen MR) is 24.0 cm³/mol. The van der Waals surface area contributed by atoms with Gasteiger partial charge in [0.1, 0.15) is 6.04 Å². The maximum absolute atomic E-state index is 10.2. The van der Waals surface area contributed by atoms with Crippen LogP contribution in [0.4, 0.5) is 0 Å². The Morgan fingerprint density at radius 3 is 3.00 bits per heavy atom. The number of carbonyl (C=O) groups is 1. The van der Waals surface area contributed by atoms with Crippen LogP contribution in [0, 0.1) is 0 Å². The van der Waals surface area contributed by atoms with Crippen molar-refractivity contribution in [2.45, 2.75) is 12.4 Å². The number of nitrogens with one attached hydrogen (secondary N) is 1. The lowest BCUT2D eigenvalue weighted by molar-refractivity contribution is -0.141. The van der Waals surface area contributed by atoms with E-state index in [0.29, 0.717) is 0 Å². The van der Waals surface area contributed by atoms with Crippen LogP contribution in [0.25, 0.3) is 0 Å². The first-order valence-electron chi connectivity index (χ1n) is 3.79. The van der Waals surface area contributed by atoms with E-state index in [9.17, 15) is 4.79 Å². The van der Waals surface area contributed by atoms with Crippen molar-refractivity contribution in [2.24, 2.45) is 0 Å². The molecule has 1 saturated heterocycles. The van der Waals surface area contributed by atoms with Crippen molar-refractivity contribution in [3.05, 3.63) is 0 Å². The molecule has 0 spiro atoms. The second kappa shape index (κ2) is 1.50. The van der Waals surface area contributed by atoms with Crippen LogP contribution in [0.1, 0.15) is 11.9 Å². The molecule has 3 nitrogen and oxygen atoms in total. The second-order valence-electron chi connectivity index (χ2n) is 1.18. The Balaban J connectivity index is 2.77.